The van der Waals surface area contributed by atoms with Crippen molar-refractivity contribution in [2.45, 2.75) is 101 Å². The number of benzene rings is 1. The maximum absolute atomic E-state index is 13.7. The Labute approximate surface area is 263 Å². The first kappa shape index (κ1) is 36.8. The zero-order chi connectivity index (χ0) is 32.3. The van der Waals surface area contributed by atoms with Gasteiger partial charge in [0.25, 0.3) is 0 Å². The topological polar surface area (TPSA) is 131 Å². The number of unbranched alkanes of at least 4 members (excludes halogenated alkanes) is 1. The minimum atomic E-state index is -1.20. The Balaban J connectivity index is 2.20. The molecule has 1 aliphatic carbocycles. The van der Waals surface area contributed by atoms with Crippen molar-refractivity contribution in [3.8, 4) is 24.7 Å². The quantitative estimate of drug-likeness (QED) is 0.121. The minimum Gasteiger partial charge on any atom is -0.390 e. The summed E-state index contributed by atoms with van der Waals surface area (Å²) in [7, 11) is 3.50. The SMILES string of the molecule is C#CCCCC(O)[C@H](O)C(CC1CCCCC1)NC(=O)[C@H](CC#C)NC(=O)C(CC(=O)N(C)CCNC)Cc1ccccc1. The molecule has 1 aliphatic rings. The molecule has 3 amide bonds. The van der Waals surface area contributed by atoms with E-state index in [1.54, 1.807) is 19.0 Å². The van der Waals surface area contributed by atoms with Gasteiger partial charge < -0.3 is 31.1 Å². The van der Waals surface area contributed by atoms with E-state index >= 15 is 0 Å². The third kappa shape index (κ3) is 13.1. The maximum Gasteiger partial charge on any atom is 0.243 e. The van der Waals surface area contributed by atoms with Crippen molar-refractivity contribution in [1.29, 1.82) is 0 Å². The molecule has 1 aromatic carbocycles. The van der Waals surface area contributed by atoms with Crippen LogP contribution in [0.1, 0.15) is 76.2 Å². The summed E-state index contributed by atoms with van der Waals surface area (Å²) >= 11 is 0. The summed E-state index contributed by atoms with van der Waals surface area (Å²) in [6, 6.07) is 7.64. The first-order valence-corrected chi connectivity index (χ1v) is 16.0. The van der Waals surface area contributed by atoms with Crippen LogP contribution in [-0.2, 0) is 20.8 Å². The van der Waals surface area contributed by atoms with Gasteiger partial charge >= 0.3 is 0 Å². The standard InChI is InChI=1S/C35H52N4O5/c1-5-7-10-20-31(40)33(42)30(24-27-18-13-9-14-19-27)38-35(44)29(15-6-2)37-34(43)28(23-26-16-11-8-12-17-26)25-32(41)39(4)22-21-36-3/h1-2,8,11-12,16-17,27-31,33,36,40,42H,7,9-10,13-15,18-25H2,3-4H3,(H,37,43)(H,38,44)/t28?,29-,30?,31?,33+/m0/s1. The monoisotopic (exact) mass is 608 g/mol. The largest absolute Gasteiger partial charge is 0.390 e. The summed E-state index contributed by atoms with van der Waals surface area (Å²) < 4.78 is 0. The Bertz CT molecular complexity index is 1090. The fourth-order valence-corrected chi connectivity index (χ4v) is 5.74. The molecule has 1 aromatic rings. The number of hydrogen-bond donors (Lipinski definition) is 5. The number of hydrogen-bond acceptors (Lipinski definition) is 6. The maximum atomic E-state index is 13.7. The average Bonchev–Trinajstić information content (AvgIpc) is 3.03. The molecule has 0 aromatic heterocycles. The Morgan fingerprint density at radius 2 is 1.73 bits per heavy atom. The molecular formula is C35H52N4O5. The molecule has 0 saturated heterocycles. The minimum absolute atomic E-state index is 0.0296. The lowest BCUT2D eigenvalue weighted by molar-refractivity contribution is -0.136. The molecule has 1 fully saturated rings. The molecule has 44 heavy (non-hydrogen) atoms. The lowest BCUT2D eigenvalue weighted by atomic mass is 9.82. The smallest absolute Gasteiger partial charge is 0.243 e. The van der Waals surface area contributed by atoms with Crippen LogP contribution < -0.4 is 16.0 Å². The fourth-order valence-electron chi connectivity index (χ4n) is 5.74. The molecule has 2 rings (SSSR count). The highest BCUT2D eigenvalue weighted by atomic mass is 16.3. The van der Waals surface area contributed by atoms with Gasteiger partial charge in [0, 0.05) is 39.4 Å². The zero-order valence-corrected chi connectivity index (χ0v) is 26.5. The van der Waals surface area contributed by atoms with Crippen molar-refractivity contribution in [3.63, 3.8) is 0 Å². The average molecular weight is 609 g/mol. The summed E-state index contributed by atoms with van der Waals surface area (Å²) in [5.41, 5.74) is 0.894. The molecule has 0 heterocycles. The van der Waals surface area contributed by atoms with E-state index in [1.807, 2.05) is 30.3 Å². The van der Waals surface area contributed by atoms with E-state index < -0.39 is 42.0 Å². The number of likely N-dealkylation sites (N-methyl/N-ethyl adjacent to an activating group) is 2. The third-order valence-electron chi connectivity index (χ3n) is 8.46. The van der Waals surface area contributed by atoms with Gasteiger partial charge in [0.2, 0.25) is 17.7 Å². The normalized spacial score (nSPS) is 16.8. The molecule has 3 unspecified atom stereocenters. The number of amides is 3. The fraction of sp³-hybridized carbons (Fsp3) is 0.629. The number of nitrogens with one attached hydrogen (secondary N) is 3. The second kappa shape index (κ2) is 20.6. The molecule has 5 N–H and O–H groups in total. The summed E-state index contributed by atoms with van der Waals surface area (Å²) in [4.78, 5) is 41.9. The van der Waals surface area contributed by atoms with E-state index in [0.717, 1.165) is 31.2 Å². The van der Waals surface area contributed by atoms with E-state index in [9.17, 15) is 24.6 Å². The molecule has 0 aliphatic heterocycles. The van der Waals surface area contributed by atoms with Gasteiger partial charge in [0.05, 0.1) is 24.2 Å². The van der Waals surface area contributed by atoms with Crippen LogP contribution in [0.15, 0.2) is 30.3 Å². The van der Waals surface area contributed by atoms with E-state index in [-0.39, 0.29) is 18.7 Å². The van der Waals surface area contributed by atoms with Crippen molar-refractivity contribution >= 4 is 17.7 Å². The number of terminal acetylenes is 2. The number of rotatable bonds is 19. The Hall–Kier alpha value is -3.37. The molecule has 242 valence electrons. The van der Waals surface area contributed by atoms with E-state index in [2.05, 4.69) is 27.8 Å². The molecule has 9 nitrogen and oxygen atoms in total. The van der Waals surface area contributed by atoms with Crippen molar-refractivity contribution in [2.75, 3.05) is 27.2 Å². The van der Waals surface area contributed by atoms with Crippen LogP contribution >= 0.6 is 0 Å². The summed E-state index contributed by atoms with van der Waals surface area (Å²) in [6.07, 6.45) is 16.1. The predicted octanol–water partition coefficient (Wildman–Crippen LogP) is 2.40. The number of nitrogens with zero attached hydrogens (tertiary/aromatic N) is 1. The van der Waals surface area contributed by atoms with Crippen LogP contribution in [0.5, 0.6) is 0 Å². The molecule has 9 heteroatoms. The van der Waals surface area contributed by atoms with Gasteiger partial charge in [-0.2, -0.15) is 0 Å². The van der Waals surface area contributed by atoms with Crippen molar-refractivity contribution in [2.24, 2.45) is 11.8 Å². The zero-order valence-electron chi connectivity index (χ0n) is 26.5. The molecule has 0 radical (unpaired) electrons. The second-order valence-corrected chi connectivity index (χ2v) is 12.0. The number of carbonyl (C=O) groups is 3. The number of aliphatic hydroxyl groups is 2. The Morgan fingerprint density at radius 1 is 1.02 bits per heavy atom. The highest BCUT2D eigenvalue weighted by molar-refractivity contribution is 5.91. The second-order valence-electron chi connectivity index (χ2n) is 12.0. The van der Waals surface area contributed by atoms with Crippen LogP contribution in [0.3, 0.4) is 0 Å². The van der Waals surface area contributed by atoms with E-state index in [0.29, 0.717) is 51.1 Å². The Kier molecular flexibility index (Phi) is 17.2. The van der Waals surface area contributed by atoms with Gasteiger partial charge in [-0.05, 0) is 44.2 Å². The summed E-state index contributed by atoms with van der Waals surface area (Å²) in [6.45, 7) is 1.12. The van der Waals surface area contributed by atoms with Crippen molar-refractivity contribution < 1.29 is 24.6 Å². The highest BCUT2D eigenvalue weighted by Gasteiger charge is 2.33. The molecule has 0 bridgehead atoms. The highest BCUT2D eigenvalue weighted by Crippen LogP contribution is 2.29. The van der Waals surface area contributed by atoms with Crippen LogP contribution in [0, 0.1) is 36.5 Å². The van der Waals surface area contributed by atoms with Crippen LogP contribution in [0.2, 0.25) is 0 Å². The first-order chi connectivity index (χ1) is 21.2. The van der Waals surface area contributed by atoms with Crippen molar-refractivity contribution in [3.05, 3.63) is 35.9 Å². The van der Waals surface area contributed by atoms with E-state index in [4.69, 9.17) is 12.8 Å². The molecule has 0 spiro atoms. The predicted molar refractivity (Wildman–Crippen MR) is 173 cm³/mol. The number of aliphatic hydroxyl groups excluding tert-OH is 2. The van der Waals surface area contributed by atoms with Crippen LogP contribution in [0.4, 0.5) is 0 Å². The summed E-state index contributed by atoms with van der Waals surface area (Å²) in [5, 5.41) is 30.6. The molecule has 1 saturated carbocycles. The van der Waals surface area contributed by atoms with Crippen molar-refractivity contribution in [1.82, 2.24) is 20.9 Å². The van der Waals surface area contributed by atoms with Gasteiger partial charge in [0.1, 0.15) is 6.04 Å². The van der Waals surface area contributed by atoms with Gasteiger partial charge in [-0.15, -0.1) is 24.7 Å². The van der Waals surface area contributed by atoms with Gasteiger partial charge in [-0.25, -0.2) is 0 Å². The van der Waals surface area contributed by atoms with Crippen LogP contribution in [0.25, 0.3) is 0 Å². The third-order valence-corrected chi connectivity index (χ3v) is 8.46. The Morgan fingerprint density at radius 3 is 2.36 bits per heavy atom. The molecule has 5 atom stereocenters. The summed E-state index contributed by atoms with van der Waals surface area (Å²) in [5.74, 6) is 3.45. The number of carbonyl (C=O) groups excluding carboxylic acids is 3. The molecular weight excluding hydrogens is 556 g/mol. The van der Waals surface area contributed by atoms with Crippen LogP contribution in [-0.4, -0.2) is 84.3 Å². The lowest BCUT2D eigenvalue weighted by Gasteiger charge is -2.33. The van der Waals surface area contributed by atoms with Gasteiger partial charge in [0.15, 0.2) is 0 Å². The van der Waals surface area contributed by atoms with Gasteiger partial charge in [-0.1, -0.05) is 62.4 Å². The van der Waals surface area contributed by atoms with Gasteiger partial charge in [-0.3, -0.25) is 14.4 Å². The van der Waals surface area contributed by atoms with E-state index in [1.165, 1.54) is 6.42 Å². The first-order valence-electron chi connectivity index (χ1n) is 16.0. The lowest BCUT2D eigenvalue weighted by Crippen LogP contribution is -2.56.